The maximum atomic E-state index is 11.0. The van der Waals surface area contributed by atoms with Crippen LogP contribution in [0, 0.1) is 5.92 Å². The summed E-state index contributed by atoms with van der Waals surface area (Å²) in [7, 11) is 1.65. The molecule has 0 bridgehead atoms. The largest absolute Gasteiger partial charge is 0.465 e. The fourth-order valence-corrected chi connectivity index (χ4v) is 2.64. The van der Waals surface area contributed by atoms with Crippen molar-refractivity contribution in [3.63, 3.8) is 0 Å². The van der Waals surface area contributed by atoms with E-state index in [2.05, 4.69) is 17.4 Å². The van der Waals surface area contributed by atoms with Gasteiger partial charge in [-0.1, -0.05) is 30.3 Å². The van der Waals surface area contributed by atoms with Crippen molar-refractivity contribution in [1.29, 1.82) is 0 Å². The van der Waals surface area contributed by atoms with Crippen LogP contribution in [0.2, 0.25) is 0 Å². The van der Waals surface area contributed by atoms with Gasteiger partial charge in [-0.25, -0.2) is 4.79 Å². The molecule has 20 heavy (non-hydrogen) atoms. The van der Waals surface area contributed by atoms with Crippen molar-refractivity contribution in [2.24, 2.45) is 5.92 Å². The van der Waals surface area contributed by atoms with Gasteiger partial charge < -0.3 is 20.1 Å². The molecule has 2 atom stereocenters. The molecule has 1 heterocycles. The molecule has 1 fully saturated rings. The average Bonchev–Trinajstić information content (AvgIpc) is 2.48. The highest BCUT2D eigenvalue weighted by atomic mass is 16.5. The van der Waals surface area contributed by atoms with Crippen LogP contribution in [0.1, 0.15) is 12.0 Å². The molecule has 0 unspecified atom stereocenters. The number of ether oxygens (including phenoxy) is 1. The van der Waals surface area contributed by atoms with E-state index in [-0.39, 0.29) is 6.10 Å². The number of nitrogens with zero attached hydrogens (tertiary/aromatic N) is 1. The van der Waals surface area contributed by atoms with Crippen molar-refractivity contribution in [1.82, 2.24) is 10.2 Å². The molecule has 1 aromatic rings. The van der Waals surface area contributed by atoms with Crippen LogP contribution < -0.4 is 5.32 Å². The molecular weight excluding hydrogens is 256 g/mol. The number of rotatable bonds is 5. The normalized spacial score (nSPS) is 22.8. The van der Waals surface area contributed by atoms with Crippen molar-refractivity contribution in [2.45, 2.75) is 19.1 Å². The topological polar surface area (TPSA) is 61.8 Å². The summed E-state index contributed by atoms with van der Waals surface area (Å²) in [4.78, 5) is 12.4. The smallest absolute Gasteiger partial charge is 0.407 e. The van der Waals surface area contributed by atoms with Crippen LogP contribution in [0.3, 0.4) is 0 Å². The van der Waals surface area contributed by atoms with Crippen molar-refractivity contribution >= 4 is 6.09 Å². The van der Waals surface area contributed by atoms with Gasteiger partial charge in [-0.3, -0.25) is 0 Å². The number of piperidine rings is 1. The summed E-state index contributed by atoms with van der Waals surface area (Å²) in [5, 5.41) is 12.5. The third-order valence-electron chi connectivity index (χ3n) is 3.85. The first-order valence-electron chi connectivity index (χ1n) is 6.96. The first-order chi connectivity index (χ1) is 9.70. The number of methoxy groups -OCH3 is 1. The number of nitrogens with one attached hydrogen (secondary N) is 1. The third-order valence-corrected chi connectivity index (χ3v) is 3.85. The molecule has 1 aliphatic heterocycles. The first kappa shape index (κ1) is 14.8. The Labute approximate surface area is 119 Å². The minimum absolute atomic E-state index is 0.0249. The minimum Gasteiger partial charge on any atom is -0.465 e. The van der Waals surface area contributed by atoms with Crippen LogP contribution in [-0.4, -0.2) is 48.9 Å². The second-order valence-corrected chi connectivity index (χ2v) is 5.17. The van der Waals surface area contributed by atoms with E-state index in [1.54, 1.807) is 7.11 Å². The lowest BCUT2D eigenvalue weighted by molar-refractivity contribution is -0.00609. The van der Waals surface area contributed by atoms with Gasteiger partial charge in [0, 0.05) is 32.7 Å². The van der Waals surface area contributed by atoms with Crippen molar-refractivity contribution in [2.75, 3.05) is 26.7 Å². The first-order valence-corrected chi connectivity index (χ1v) is 6.96. The molecule has 0 aliphatic carbocycles. The molecule has 2 rings (SSSR count). The van der Waals surface area contributed by atoms with Gasteiger partial charge in [0.05, 0.1) is 12.6 Å². The van der Waals surface area contributed by atoms with Gasteiger partial charge in [-0.05, 0) is 12.0 Å². The van der Waals surface area contributed by atoms with Gasteiger partial charge in [-0.2, -0.15) is 0 Å². The maximum Gasteiger partial charge on any atom is 0.407 e. The van der Waals surface area contributed by atoms with E-state index in [0.29, 0.717) is 19.0 Å². The van der Waals surface area contributed by atoms with Gasteiger partial charge in [0.25, 0.3) is 0 Å². The molecular formula is C15H22N2O3. The second-order valence-electron chi connectivity index (χ2n) is 5.17. The molecule has 110 valence electrons. The molecule has 1 aliphatic rings. The number of carboxylic acid groups (broad SMARTS) is 1. The molecule has 1 aromatic carbocycles. The van der Waals surface area contributed by atoms with Crippen molar-refractivity contribution < 1.29 is 14.6 Å². The molecule has 5 nitrogen and oxygen atoms in total. The fraction of sp³-hybridized carbons (Fsp3) is 0.533. The molecule has 5 heteroatoms. The molecule has 2 N–H and O–H groups in total. The van der Waals surface area contributed by atoms with E-state index in [1.165, 1.54) is 10.5 Å². The number of amides is 1. The van der Waals surface area contributed by atoms with E-state index < -0.39 is 6.09 Å². The summed E-state index contributed by atoms with van der Waals surface area (Å²) in [6, 6.07) is 10.2. The Bertz CT molecular complexity index is 424. The minimum atomic E-state index is -0.859. The van der Waals surface area contributed by atoms with E-state index in [9.17, 15) is 4.79 Å². The average molecular weight is 278 g/mol. The zero-order valence-corrected chi connectivity index (χ0v) is 11.8. The number of benzene rings is 1. The van der Waals surface area contributed by atoms with Gasteiger partial charge in [-0.15, -0.1) is 0 Å². The molecule has 0 spiro atoms. The summed E-state index contributed by atoms with van der Waals surface area (Å²) >= 11 is 0. The van der Waals surface area contributed by atoms with E-state index in [1.807, 2.05) is 18.2 Å². The maximum absolute atomic E-state index is 11.0. The third kappa shape index (κ3) is 3.95. The van der Waals surface area contributed by atoms with Crippen LogP contribution in [0.15, 0.2) is 30.3 Å². The van der Waals surface area contributed by atoms with Crippen molar-refractivity contribution in [3.05, 3.63) is 35.9 Å². The monoisotopic (exact) mass is 278 g/mol. The van der Waals surface area contributed by atoms with Gasteiger partial charge in [0.2, 0.25) is 0 Å². The van der Waals surface area contributed by atoms with Crippen LogP contribution >= 0.6 is 0 Å². The quantitative estimate of drug-likeness (QED) is 0.862. The summed E-state index contributed by atoms with van der Waals surface area (Å²) in [5.74, 6) is 0.360. The van der Waals surface area contributed by atoms with Crippen LogP contribution in [0.4, 0.5) is 4.79 Å². The Balaban J connectivity index is 1.79. The number of likely N-dealkylation sites (tertiary alicyclic amines) is 1. The van der Waals surface area contributed by atoms with Crippen LogP contribution in [-0.2, 0) is 11.3 Å². The number of hydrogen-bond acceptors (Lipinski definition) is 3. The van der Waals surface area contributed by atoms with Gasteiger partial charge in [0.1, 0.15) is 0 Å². The summed E-state index contributed by atoms with van der Waals surface area (Å²) in [6.45, 7) is 2.73. The lowest BCUT2D eigenvalue weighted by Crippen LogP contribution is -2.49. The fourth-order valence-electron chi connectivity index (χ4n) is 2.64. The Morgan fingerprint density at radius 3 is 2.85 bits per heavy atom. The Morgan fingerprint density at radius 1 is 1.45 bits per heavy atom. The number of hydrogen-bond donors (Lipinski definition) is 2. The Morgan fingerprint density at radius 2 is 2.20 bits per heavy atom. The van der Waals surface area contributed by atoms with Gasteiger partial charge >= 0.3 is 6.09 Å². The van der Waals surface area contributed by atoms with E-state index >= 15 is 0 Å². The molecule has 0 aromatic heterocycles. The highest BCUT2D eigenvalue weighted by molar-refractivity contribution is 5.65. The number of carbonyl (C=O) groups is 1. The SMILES string of the molecule is CO[C@@H]1CN(C(=O)O)CC[C@H]1CNCc1ccccc1. The predicted molar refractivity (Wildman–Crippen MR) is 76.7 cm³/mol. The van der Waals surface area contributed by atoms with Crippen molar-refractivity contribution in [3.8, 4) is 0 Å². The van der Waals surface area contributed by atoms with Gasteiger partial charge in [0.15, 0.2) is 0 Å². The van der Waals surface area contributed by atoms with Crippen LogP contribution in [0.5, 0.6) is 0 Å². The molecule has 1 amide bonds. The highest BCUT2D eigenvalue weighted by Crippen LogP contribution is 2.19. The van der Waals surface area contributed by atoms with E-state index in [0.717, 1.165) is 19.5 Å². The Hall–Kier alpha value is -1.59. The zero-order valence-electron chi connectivity index (χ0n) is 11.8. The summed E-state index contributed by atoms with van der Waals surface area (Å²) < 4.78 is 5.44. The Kier molecular flexibility index (Phi) is 5.38. The zero-order chi connectivity index (χ0) is 14.4. The molecule has 0 radical (unpaired) electrons. The lowest BCUT2D eigenvalue weighted by atomic mass is 9.93. The summed E-state index contributed by atoms with van der Waals surface area (Å²) in [6.07, 6.45) is -0.0436. The highest BCUT2D eigenvalue weighted by Gasteiger charge is 2.31. The van der Waals surface area contributed by atoms with Crippen LogP contribution in [0.25, 0.3) is 0 Å². The lowest BCUT2D eigenvalue weighted by Gasteiger charge is -2.36. The second kappa shape index (κ2) is 7.26. The molecule has 1 saturated heterocycles. The molecule has 0 saturated carbocycles. The standard InChI is InChI=1S/C15H22N2O3/c1-20-14-11-17(15(18)19)8-7-13(14)10-16-9-12-5-3-2-4-6-12/h2-6,13-14,16H,7-11H2,1H3,(H,18,19)/t13-,14+/m0/s1. The predicted octanol–water partition coefficient (Wildman–Crippen LogP) is 1.79. The summed E-state index contributed by atoms with van der Waals surface area (Å²) in [5.41, 5.74) is 1.25. The van der Waals surface area contributed by atoms with E-state index in [4.69, 9.17) is 9.84 Å².